The zero-order valence-corrected chi connectivity index (χ0v) is 12.7. The van der Waals surface area contributed by atoms with Crippen LogP contribution < -0.4 is 10.6 Å². The SMILES string of the molecule is CNc1nc(C)cc(NC(C)c2sc(C)nc2C)n1. The van der Waals surface area contributed by atoms with Gasteiger partial charge in [0.1, 0.15) is 5.82 Å². The Morgan fingerprint density at radius 3 is 2.47 bits per heavy atom. The molecule has 0 aliphatic carbocycles. The second-order valence-electron chi connectivity index (χ2n) is 4.52. The molecule has 0 aliphatic rings. The first kappa shape index (κ1) is 13.7. The van der Waals surface area contributed by atoms with Crippen LogP contribution >= 0.6 is 11.3 Å². The van der Waals surface area contributed by atoms with E-state index in [9.17, 15) is 0 Å². The van der Waals surface area contributed by atoms with E-state index in [2.05, 4.69) is 32.5 Å². The molecule has 2 aromatic rings. The van der Waals surface area contributed by atoms with Gasteiger partial charge in [0, 0.05) is 23.7 Å². The predicted octanol–water partition coefficient (Wildman–Crippen LogP) is 3.07. The number of nitrogens with zero attached hydrogens (tertiary/aromatic N) is 3. The van der Waals surface area contributed by atoms with Crippen molar-refractivity contribution in [1.29, 1.82) is 0 Å². The molecule has 0 radical (unpaired) electrons. The largest absolute Gasteiger partial charge is 0.362 e. The molecule has 2 rings (SSSR count). The molecule has 6 heteroatoms. The Balaban J connectivity index is 2.21. The van der Waals surface area contributed by atoms with Crippen LogP contribution in [0.3, 0.4) is 0 Å². The summed E-state index contributed by atoms with van der Waals surface area (Å²) in [5.41, 5.74) is 2.02. The summed E-state index contributed by atoms with van der Waals surface area (Å²) in [7, 11) is 1.82. The van der Waals surface area contributed by atoms with E-state index in [1.165, 1.54) is 4.88 Å². The summed E-state index contributed by atoms with van der Waals surface area (Å²) in [5, 5.41) is 7.47. The van der Waals surface area contributed by atoms with E-state index in [0.29, 0.717) is 5.95 Å². The van der Waals surface area contributed by atoms with Crippen molar-refractivity contribution in [3.05, 3.63) is 27.3 Å². The summed E-state index contributed by atoms with van der Waals surface area (Å²) in [6.45, 7) is 8.15. The molecule has 0 saturated heterocycles. The van der Waals surface area contributed by atoms with Crippen LogP contribution in [0.2, 0.25) is 0 Å². The Morgan fingerprint density at radius 2 is 1.89 bits per heavy atom. The topological polar surface area (TPSA) is 62.7 Å². The highest BCUT2D eigenvalue weighted by Crippen LogP contribution is 2.27. The van der Waals surface area contributed by atoms with Crippen molar-refractivity contribution in [2.24, 2.45) is 0 Å². The van der Waals surface area contributed by atoms with Gasteiger partial charge < -0.3 is 10.6 Å². The molecule has 0 amide bonds. The van der Waals surface area contributed by atoms with Crippen LogP contribution in [0.1, 0.15) is 34.2 Å². The quantitative estimate of drug-likeness (QED) is 0.899. The molecule has 0 aromatic carbocycles. The van der Waals surface area contributed by atoms with Gasteiger partial charge in [-0.1, -0.05) is 0 Å². The summed E-state index contributed by atoms with van der Waals surface area (Å²) < 4.78 is 0. The maximum Gasteiger partial charge on any atom is 0.224 e. The molecule has 2 heterocycles. The highest BCUT2D eigenvalue weighted by Gasteiger charge is 2.13. The van der Waals surface area contributed by atoms with E-state index in [1.54, 1.807) is 11.3 Å². The Kier molecular flexibility index (Phi) is 3.99. The number of hydrogen-bond acceptors (Lipinski definition) is 6. The molecule has 0 spiro atoms. The van der Waals surface area contributed by atoms with Gasteiger partial charge in [0.2, 0.25) is 5.95 Å². The van der Waals surface area contributed by atoms with Crippen LogP contribution in [0.4, 0.5) is 11.8 Å². The second-order valence-corrected chi connectivity index (χ2v) is 5.75. The second kappa shape index (κ2) is 5.52. The molecule has 5 nitrogen and oxygen atoms in total. The molecule has 0 fully saturated rings. The first-order chi connectivity index (χ1) is 8.99. The van der Waals surface area contributed by atoms with Gasteiger partial charge in [-0.25, -0.2) is 9.97 Å². The Morgan fingerprint density at radius 1 is 1.16 bits per heavy atom. The van der Waals surface area contributed by atoms with E-state index < -0.39 is 0 Å². The molecule has 0 aliphatic heterocycles. The highest BCUT2D eigenvalue weighted by atomic mass is 32.1. The van der Waals surface area contributed by atoms with Gasteiger partial charge in [-0.05, 0) is 27.7 Å². The van der Waals surface area contributed by atoms with Gasteiger partial charge in [0.15, 0.2) is 0 Å². The molecule has 102 valence electrons. The van der Waals surface area contributed by atoms with Gasteiger partial charge in [-0.15, -0.1) is 11.3 Å². The van der Waals surface area contributed by atoms with Gasteiger partial charge >= 0.3 is 0 Å². The van der Waals surface area contributed by atoms with Crippen molar-refractivity contribution < 1.29 is 0 Å². The lowest BCUT2D eigenvalue weighted by molar-refractivity contribution is 0.876. The van der Waals surface area contributed by atoms with E-state index in [-0.39, 0.29) is 6.04 Å². The van der Waals surface area contributed by atoms with Gasteiger partial charge in [-0.2, -0.15) is 4.98 Å². The lowest BCUT2D eigenvalue weighted by Gasteiger charge is -2.14. The monoisotopic (exact) mass is 277 g/mol. The van der Waals surface area contributed by atoms with Crippen LogP contribution in [-0.4, -0.2) is 22.0 Å². The van der Waals surface area contributed by atoms with Crippen LogP contribution in [0, 0.1) is 20.8 Å². The number of aryl methyl sites for hydroxylation is 3. The van der Waals surface area contributed by atoms with E-state index >= 15 is 0 Å². The molecule has 2 N–H and O–H groups in total. The first-order valence-corrected chi connectivity index (χ1v) is 7.05. The van der Waals surface area contributed by atoms with Crippen molar-refractivity contribution in [1.82, 2.24) is 15.0 Å². The van der Waals surface area contributed by atoms with E-state index in [1.807, 2.05) is 33.9 Å². The summed E-state index contributed by atoms with van der Waals surface area (Å²) in [6, 6.07) is 2.13. The maximum atomic E-state index is 4.46. The third-order valence-corrected chi connectivity index (χ3v) is 4.03. The fraction of sp³-hybridized carbons (Fsp3) is 0.462. The first-order valence-electron chi connectivity index (χ1n) is 6.23. The number of hydrogen-bond donors (Lipinski definition) is 2. The summed E-state index contributed by atoms with van der Waals surface area (Å²) in [6.07, 6.45) is 0. The van der Waals surface area contributed by atoms with Crippen molar-refractivity contribution >= 4 is 23.1 Å². The molecule has 19 heavy (non-hydrogen) atoms. The minimum Gasteiger partial charge on any atom is -0.362 e. The number of aromatic nitrogens is 3. The van der Waals surface area contributed by atoms with Crippen LogP contribution in [0.5, 0.6) is 0 Å². The van der Waals surface area contributed by atoms with Crippen molar-refractivity contribution in [3.8, 4) is 0 Å². The Labute approximate surface area is 117 Å². The predicted molar refractivity (Wildman–Crippen MR) is 79.9 cm³/mol. The Bertz CT molecular complexity index is 578. The lowest BCUT2D eigenvalue weighted by atomic mass is 10.2. The molecule has 2 aromatic heterocycles. The zero-order chi connectivity index (χ0) is 14.0. The molecule has 0 saturated carbocycles. The van der Waals surface area contributed by atoms with Crippen LogP contribution in [0.15, 0.2) is 6.07 Å². The van der Waals surface area contributed by atoms with Gasteiger partial charge in [-0.3, -0.25) is 0 Å². The highest BCUT2D eigenvalue weighted by molar-refractivity contribution is 7.11. The standard InChI is InChI=1S/C13H19N5S/c1-7-6-11(18-13(14-5)15-7)17-9(3)12-8(2)16-10(4)19-12/h6,9H,1-5H3,(H2,14,15,17,18). The summed E-state index contributed by atoms with van der Waals surface area (Å²) in [5.74, 6) is 1.46. The molecule has 1 unspecified atom stereocenters. The number of nitrogens with one attached hydrogen (secondary N) is 2. The van der Waals surface area contributed by atoms with E-state index in [0.717, 1.165) is 22.2 Å². The molecule has 0 bridgehead atoms. The minimum atomic E-state index is 0.185. The van der Waals surface area contributed by atoms with Crippen molar-refractivity contribution in [3.63, 3.8) is 0 Å². The minimum absolute atomic E-state index is 0.185. The third kappa shape index (κ3) is 3.20. The number of thiazole rings is 1. The normalized spacial score (nSPS) is 12.3. The van der Waals surface area contributed by atoms with Gasteiger partial charge in [0.25, 0.3) is 0 Å². The smallest absolute Gasteiger partial charge is 0.224 e. The summed E-state index contributed by atoms with van der Waals surface area (Å²) >= 11 is 1.72. The van der Waals surface area contributed by atoms with Gasteiger partial charge in [0.05, 0.1) is 16.7 Å². The van der Waals surface area contributed by atoms with Crippen molar-refractivity contribution in [2.45, 2.75) is 33.7 Å². The number of rotatable bonds is 4. The molecule has 1 atom stereocenters. The van der Waals surface area contributed by atoms with Crippen LogP contribution in [0.25, 0.3) is 0 Å². The zero-order valence-electron chi connectivity index (χ0n) is 11.9. The average Bonchev–Trinajstić information content (AvgIpc) is 2.67. The maximum absolute atomic E-state index is 4.46. The molecular weight excluding hydrogens is 258 g/mol. The fourth-order valence-corrected chi connectivity index (χ4v) is 2.92. The lowest BCUT2D eigenvalue weighted by Crippen LogP contribution is -2.09. The number of anilines is 2. The fourth-order valence-electron chi connectivity index (χ4n) is 1.99. The average molecular weight is 277 g/mol. The summed E-state index contributed by atoms with van der Waals surface area (Å²) in [4.78, 5) is 14.4. The molecular formula is C13H19N5S. The Hall–Kier alpha value is -1.69. The van der Waals surface area contributed by atoms with Crippen molar-refractivity contribution in [2.75, 3.05) is 17.7 Å². The van der Waals surface area contributed by atoms with E-state index in [4.69, 9.17) is 0 Å². The van der Waals surface area contributed by atoms with Crippen LogP contribution in [-0.2, 0) is 0 Å². The third-order valence-electron chi connectivity index (χ3n) is 2.77.